The summed E-state index contributed by atoms with van der Waals surface area (Å²) in [5.74, 6) is -2.50. The van der Waals surface area contributed by atoms with Crippen LogP contribution in [0.3, 0.4) is 0 Å². The average molecular weight is 495 g/mol. The fourth-order valence-electron chi connectivity index (χ4n) is 3.52. The first kappa shape index (κ1) is 23.6. The monoisotopic (exact) mass is 494 g/mol. The number of amides is 2. The van der Waals surface area contributed by atoms with E-state index >= 15 is 0 Å². The largest absolute Gasteiger partial charge is 0.495 e. The summed E-state index contributed by atoms with van der Waals surface area (Å²) in [7, 11) is 1.41. The van der Waals surface area contributed by atoms with Crippen LogP contribution in [0.15, 0.2) is 60.7 Å². The van der Waals surface area contributed by atoms with Gasteiger partial charge in [0.2, 0.25) is 5.78 Å². The Morgan fingerprint density at radius 3 is 2.37 bits per heavy atom. The van der Waals surface area contributed by atoms with E-state index in [0.29, 0.717) is 5.75 Å². The summed E-state index contributed by atoms with van der Waals surface area (Å²) in [6.45, 7) is -0.699. The molecule has 1 aliphatic heterocycles. The van der Waals surface area contributed by atoms with Crippen molar-refractivity contribution in [3.8, 4) is 5.75 Å². The van der Waals surface area contributed by atoms with Crippen molar-refractivity contribution in [1.82, 2.24) is 0 Å². The van der Waals surface area contributed by atoms with Gasteiger partial charge >= 0.3 is 5.97 Å². The van der Waals surface area contributed by atoms with Crippen molar-refractivity contribution in [2.75, 3.05) is 18.6 Å². The number of hydrogen-bond donors (Lipinski definition) is 0. The number of ketones is 1. The fraction of sp³-hybridized carbons (Fsp3) is 0.0833. The summed E-state index contributed by atoms with van der Waals surface area (Å²) in [6, 6.07) is 13.8. The van der Waals surface area contributed by atoms with Gasteiger partial charge in [0.25, 0.3) is 17.5 Å². The number of methoxy groups -OCH3 is 1. The number of halogens is 1. The van der Waals surface area contributed by atoms with Crippen LogP contribution in [-0.2, 0) is 4.74 Å². The van der Waals surface area contributed by atoms with E-state index in [1.54, 1.807) is 24.3 Å². The molecule has 0 saturated carbocycles. The predicted molar refractivity (Wildman–Crippen MR) is 123 cm³/mol. The molecule has 1 heterocycles. The van der Waals surface area contributed by atoms with Crippen molar-refractivity contribution in [2.45, 2.75) is 0 Å². The number of carbonyl (C=O) groups excluding carboxylic acids is 4. The molecule has 176 valence electrons. The van der Waals surface area contributed by atoms with E-state index in [1.165, 1.54) is 37.4 Å². The lowest BCUT2D eigenvalue weighted by Gasteiger charge is -2.16. The maximum Gasteiger partial charge on any atom is 0.338 e. The Balaban J connectivity index is 1.51. The van der Waals surface area contributed by atoms with Gasteiger partial charge in [0, 0.05) is 11.6 Å². The third-order valence-corrected chi connectivity index (χ3v) is 5.57. The highest BCUT2D eigenvalue weighted by Gasteiger charge is 2.38. The minimum atomic E-state index is -0.916. The summed E-state index contributed by atoms with van der Waals surface area (Å²) in [5, 5.41) is 10.9. The van der Waals surface area contributed by atoms with E-state index in [4.69, 9.17) is 21.1 Å². The van der Waals surface area contributed by atoms with Crippen LogP contribution in [0.1, 0.15) is 41.4 Å². The molecular formula is C24H15ClN2O8. The molecule has 35 heavy (non-hydrogen) atoms. The van der Waals surface area contributed by atoms with Crippen LogP contribution in [-0.4, -0.2) is 42.2 Å². The molecule has 0 aliphatic carbocycles. The molecule has 0 radical (unpaired) electrons. The second-order valence-corrected chi connectivity index (χ2v) is 7.71. The molecule has 0 aromatic heterocycles. The van der Waals surface area contributed by atoms with Gasteiger partial charge in [-0.2, -0.15) is 0 Å². The van der Waals surface area contributed by atoms with Crippen molar-refractivity contribution in [3.05, 3.63) is 98.1 Å². The summed E-state index contributed by atoms with van der Waals surface area (Å²) in [4.78, 5) is 61.9. The molecule has 10 nitrogen and oxygen atoms in total. The molecule has 0 atom stereocenters. The Morgan fingerprint density at radius 2 is 1.66 bits per heavy atom. The molecule has 0 fully saturated rings. The van der Waals surface area contributed by atoms with Crippen molar-refractivity contribution < 1.29 is 33.6 Å². The fourth-order valence-corrected chi connectivity index (χ4v) is 3.71. The number of esters is 1. The number of nitro benzene ring substituents is 1. The Bertz CT molecular complexity index is 1420. The third-order valence-electron chi connectivity index (χ3n) is 5.25. The highest BCUT2D eigenvalue weighted by atomic mass is 35.5. The smallest absolute Gasteiger partial charge is 0.338 e. The van der Waals surface area contributed by atoms with Crippen LogP contribution in [0.4, 0.5) is 11.4 Å². The predicted octanol–water partition coefficient (Wildman–Crippen LogP) is 4.10. The average Bonchev–Trinajstić information content (AvgIpc) is 3.11. The van der Waals surface area contributed by atoms with Gasteiger partial charge in [-0.1, -0.05) is 23.7 Å². The second-order valence-electron chi connectivity index (χ2n) is 7.30. The number of Topliss-reactive ketones (excluding diaryl/α,β-unsaturated/α-hetero) is 1. The standard InChI is InChI=1S/C24H15ClN2O8/c1-34-21-5-3-2-4-18(21)26-22(29)15-8-6-14(10-16(15)23(26)30)24(31)35-12-20(28)13-7-9-17(25)19(11-13)27(32)33/h2-11H,12H2,1H3. The maximum atomic E-state index is 13.0. The number of para-hydroxylation sites is 2. The van der Waals surface area contributed by atoms with Gasteiger partial charge in [0.15, 0.2) is 6.61 Å². The number of ether oxygens (including phenoxy) is 2. The van der Waals surface area contributed by atoms with E-state index < -0.39 is 40.8 Å². The van der Waals surface area contributed by atoms with Crippen LogP contribution in [0.2, 0.25) is 5.02 Å². The molecule has 0 N–H and O–H groups in total. The maximum absolute atomic E-state index is 13.0. The molecule has 1 aliphatic rings. The number of fused-ring (bicyclic) bond motifs is 1. The number of benzene rings is 3. The zero-order chi connectivity index (χ0) is 25.3. The molecule has 3 aromatic rings. The van der Waals surface area contributed by atoms with E-state index in [0.717, 1.165) is 11.0 Å². The lowest BCUT2D eigenvalue weighted by atomic mass is 10.1. The van der Waals surface area contributed by atoms with Gasteiger partial charge in [-0.25, -0.2) is 9.69 Å². The van der Waals surface area contributed by atoms with Gasteiger partial charge in [0.1, 0.15) is 10.8 Å². The lowest BCUT2D eigenvalue weighted by Crippen LogP contribution is -2.29. The summed E-state index contributed by atoms with van der Waals surface area (Å²) >= 11 is 5.74. The Hall–Kier alpha value is -4.57. The zero-order valence-corrected chi connectivity index (χ0v) is 18.8. The number of nitrogens with zero attached hydrogens (tertiary/aromatic N) is 2. The number of imide groups is 1. The van der Waals surface area contributed by atoms with Crippen molar-refractivity contribution in [1.29, 1.82) is 0 Å². The minimum Gasteiger partial charge on any atom is -0.495 e. The number of nitro groups is 1. The molecule has 4 rings (SSSR count). The number of carbonyl (C=O) groups is 4. The van der Waals surface area contributed by atoms with Gasteiger partial charge < -0.3 is 9.47 Å². The quantitative estimate of drug-likeness (QED) is 0.157. The highest BCUT2D eigenvalue weighted by molar-refractivity contribution is 6.35. The Labute approximate surface area is 202 Å². The van der Waals surface area contributed by atoms with E-state index in [2.05, 4.69) is 0 Å². The van der Waals surface area contributed by atoms with Crippen molar-refractivity contribution >= 4 is 46.5 Å². The summed E-state index contributed by atoms with van der Waals surface area (Å²) < 4.78 is 10.3. The van der Waals surface area contributed by atoms with Crippen molar-refractivity contribution in [3.63, 3.8) is 0 Å². The van der Waals surface area contributed by atoms with E-state index in [9.17, 15) is 29.3 Å². The number of anilines is 1. The first-order chi connectivity index (χ1) is 16.7. The van der Waals surface area contributed by atoms with Gasteiger partial charge in [0.05, 0.1) is 34.4 Å². The Kier molecular flexibility index (Phi) is 6.30. The van der Waals surface area contributed by atoms with Crippen LogP contribution in [0.25, 0.3) is 0 Å². The van der Waals surface area contributed by atoms with Gasteiger partial charge in [-0.05, 0) is 42.5 Å². The number of rotatable bonds is 7. The number of hydrogen-bond acceptors (Lipinski definition) is 8. The molecule has 3 aromatic carbocycles. The molecular weight excluding hydrogens is 480 g/mol. The van der Waals surface area contributed by atoms with Gasteiger partial charge in [-0.15, -0.1) is 0 Å². The van der Waals surface area contributed by atoms with E-state index in [-0.39, 0.29) is 33.0 Å². The molecule has 0 saturated heterocycles. The molecule has 0 unspecified atom stereocenters. The van der Waals surface area contributed by atoms with Gasteiger partial charge in [-0.3, -0.25) is 24.5 Å². The normalized spacial score (nSPS) is 12.3. The first-order valence-corrected chi connectivity index (χ1v) is 10.4. The lowest BCUT2D eigenvalue weighted by molar-refractivity contribution is -0.384. The van der Waals surface area contributed by atoms with Crippen LogP contribution in [0, 0.1) is 10.1 Å². The van der Waals surface area contributed by atoms with Crippen LogP contribution < -0.4 is 9.64 Å². The summed E-state index contributed by atoms with van der Waals surface area (Å²) in [6.07, 6.45) is 0. The molecule has 0 spiro atoms. The summed E-state index contributed by atoms with van der Waals surface area (Å²) in [5.41, 5.74) is -0.215. The molecule has 0 bridgehead atoms. The first-order valence-electron chi connectivity index (χ1n) is 10.0. The van der Waals surface area contributed by atoms with E-state index in [1.807, 2.05) is 0 Å². The van der Waals surface area contributed by atoms with Crippen LogP contribution >= 0.6 is 11.6 Å². The highest BCUT2D eigenvalue weighted by Crippen LogP contribution is 2.35. The molecule has 11 heteroatoms. The second kappa shape index (κ2) is 9.35. The van der Waals surface area contributed by atoms with Crippen molar-refractivity contribution in [2.24, 2.45) is 0 Å². The topological polar surface area (TPSA) is 133 Å². The van der Waals surface area contributed by atoms with Crippen LogP contribution in [0.5, 0.6) is 5.75 Å². The molecule has 2 amide bonds. The minimum absolute atomic E-state index is 0.00462. The SMILES string of the molecule is COc1ccccc1N1C(=O)c2ccc(C(=O)OCC(=O)c3ccc(Cl)c([N+](=O)[O-])c3)cc2C1=O. The Morgan fingerprint density at radius 1 is 0.971 bits per heavy atom. The zero-order valence-electron chi connectivity index (χ0n) is 18.0. The third kappa shape index (κ3) is 4.34.